The third kappa shape index (κ3) is 3.97. The summed E-state index contributed by atoms with van der Waals surface area (Å²) in [5, 5.41) is 9.83. The third-order valence-corrected chi connectivity index (χ3v) is 3.73. The van der Waals surface area contributed by atoms with Gasteiger partial charge < -0.3 is 14.7 Å². The molecule has 0 aromatic heterocycles. The van der Waals surface area contributed by atoms with Gasteiger partial charge in [0.05, 0.1) is 6.10 Å². The van der Waals surface area contributed by atoms with Gasteiger partial charge in [0.1, 0.15) is 5.75 Å². The van der Waals surface area contributed by atoms with Crippen molar-refractivity contribution in [1.29, 1.82) is 0 Å². The Morgan fingerprint density at radius 3 is 2.75 bits per heavy atom. The number of carbonyl (C=O) groups is 1. The van der Waals surface area contributed by atoms with Crippen LogP contribution in [0, 0.1) is 19.8 Å². The Kier molecular flexibility index (Phi) is 4.65. The summed E-state index contributed by atoms with van der Waals surface area (Å²) < 4.78 is 5.56. The van der Waals surface area contributed by atoms with Gasteiger partial charge in [-0.15, -0.1) is 0 Å². The summed E-state index contributed by atoms with van der Waals surface area (Å²) in [7, 11) is 1.71. The monoisotopic (exact) mass is 277 g/mol. The van der Waals surface area contributed by atoms with Gasteiger partial charge in [-0.2, -0.15) is 0 Å². The van der Waals surface area contributed by atoms with Crippen molar-refractivity contribution in [2.45, 2.75) is 32.8 Å². The number of ether oxygens (including phenoxy) is 1. The molecule has 4 heteroatoms. The van der Waals surface area contributed by atoms with Gasteiger partial charge in [0.15, 0.2) is 6.61 Å². The van der Waals surface area contributed by atoms with E-state index < -0.39 is 6.10 Å². The van der Waals surface area contributed by atoms with Crippen LogP contribution in [0.5, 0.6) is 5.75 Å². The van der Waals surface area contributed by atoms with Gasteiger partial charge >= 0.3 is 0 Å². The van der Waals surface area contributed by atoms with E-state index in [4.69, 9.17) is 4.74 Å². The van der Waals surface area contributed by atoms with E-state index in [9.17, 15) is 9.90 Å². The summed E-state index contributed by atoms with van der Waals surface area (Å²) in [5.41, 5.74) is 2.20. The molecule has 1 amide bonds. The van der Waals surface area contributed by atoms with Gasteiger partial charge in [0, 0.05) is 13.6 Å². The molecule has 1 atom stereocenters. The maximum atomic E-state index is 12.0. The van der Waals surface area contributed by atoms with Crippen molar-refractivity contribution >= 4 is 5.91 Å². The van der Waals surface area contributed by atoms with E-state index in [-0.39, 0.29) is 12.5 Å². The highest BCUT2D eigenvalue weighted by molar-refractivity contribution is 5.77. The zero-order valence-corrected chi connectivity index (χ0v) is 12.4. The molecule has 0 aliphatic heterocycles. The summed E-state index contributed by atoms with van der Waals surface area (Å²) in [4.78, 5) is 13.5. The lowest BCUT2D eigenvalue weighted by Gasteiger charge is -2.21. The lowest BCUT2D eigenvalue weighted by atomic mass is 10.1. The molecule has 1 aromatic carbocycles. The zero-order valence-electron chi connectivity index (χ0n) is 12.4. The standard InChI is InChI=1S/C16H23NO3/c1-11-4-7-15(12(2)8-11)20-10-16(19)17(3)9-14(18)13-5-6-13/h4,7-8,13-14,18H,5-6,9-10H2,1-3H3. The molecule has 4 nitrogen and oxygen atoms in total. The molecule has 0 heterocycles. The Hall–Kier alpha value is -1.55. The third-order valence-electron chi connectivity index (χ3n) is 3.73. The van der Waals surface area contributed by atoms with Gasteiger partial charge in [0.2, 0.25) is 0 Å². The maximum absolute atomic E-state index is 12.0. The molecule has 2 rings (SSSR count). The number of hydrogen-bond donors (Lipinski definition) is 1. The van der Waals surface area contributed by atoms with Crippen molar-refractivity contribution in [3.05, 3.63) is 29.3 Å². The SMILES string of the molecule is Cc1ccc(OCC(=O)N(C)CC(O)C2CC2)c(C)c1. The molecule has 1 aliphatic carbocycles. The molecular weight excluding hydrogens is 254 g/mol. The average Bonchev–Trinajstić information content (AvgIpc) is 3.21. The molecule has 1 aliphatic rings. The highest BCUT2D eigenvalue weighted by Gasteiger charge is 2.31. The molecule has 1 unspecified atom stereocenters. The first kappa shape index (κ1) is 14.9. The fourth-order valence-corrected chi connectivity index (χ4v) is 2.22. The number of aryl methyl sites for hydroxylation is 2. The summed E-state index contributed by atoms with van der Waals surface area (Å²) in [5.74, 6) is 1.01. The van der Waals surface area contributed by atoms with E-state index in [1.165, 1.54) is 5.56 Å². The smallest absolute Gasteiger partial charge is 0.260 e. The molecule has 110 valence electrons. The van der Waals surface area contributed by atoms with Crippen molar-refractivity contribution < 1.29 is 14.6 Å². The van der Waals surface area contributed by atoms with Crippen molar-refractivity contribution in [2.75, 3.05) is 20.2 Å². The van der Waals surface area contributed by atoms with Crippen LogP contribution in [-0.2, 0) is 4.79 Å². The van der Waals surface area contributed by atoms with Crippen LogP contribution in [0.4, 0.5) is 0 Å². The molecule has 1 saturated carbocycles. The topological polar surface area (TPSA) is 49.8 Å². The van der Waals surface area contributed by atoms with Crippen molar-refractivity contribution in [3.8, 4) is 5.75 Å². The molecule has 20 heavy (non-hydrogen) atoms. The van der Waals surface area contributed by atoms with E-state index in [0.29, 0.717) is 12.5 Å². The second-order valence-corrected chi connectivity index (χ2v) is 5.74. The maximum Gasteiger partial charge on any atom is 0.260 e. The number of nitrogens with zero attached hydrogens (tertiary/aromatic N) is 1. The predicted octanol–water partition coefficient (Wildman–Crippen LogP) is 1.91. The number of amides is 1. The first-order chi connectivity index (χ1) is 9.47. The van der Waals surface area contributed by atoms with E-state index >= 15 is 0 Å². The Morgan fingerprint density at radius 2 is 2.15 bits per heavy atom. The van der Waals surface area contributed by atoms with Gasteiger partial charge in [-0.1, -0.05) is 17.7 Å². The number of benzene rings is 1. The van der Waals surface area contributed by atoms with Crippen LogP contribution in [0.1, 0.15) is 24.0 Å². The molecule has 1 aromatic rings. The largest absolute Gasteiger partial charge is 0.484 e. The number of likely N-dealkylation sites (N-methyl/N-ethyl adjacent to an activating group) is 1. The van der Waals surface area contributed by atoms with Gasteiger partial charge in [0.25, 0.3) is 5.91 Å². The van der Waals surface area contributed by atoms with E-state index in [1.54, 1.807) is 11.9 Å². The average molecular weight is 277 g/mol. The number of aliphatic hydroxyl groups excluding tert-OH is 1. The molecular formula is C16H23NO3. The van der Waals surface area contributed by atoms with Crippen LogP contribution < -0.4 is 4.74 Å². The summed E-state index contributed by atoms with van der Waals surface area (Å²) in [6, 6.07) is 5.88. The first-order valence-electron chi connectivity index (χ1n) is 7.09. The number of carbonyl (C=O) groups excluding carboxylic acids is 1. The minimum atomic E-state index is -0.398. The quantitative estimate of drug-likeness (QED) is 0.864. The van der Waals surface area contributed by atoms with Crippen LogP contribution in [0.2, 0.25) is 0 Å². The normalized spacial score (nSPS) is 15.8. The summed E-state index contributed by atoms with van der Waals surface area (Å²) in [6.07, 6.45) is 1.75. The Morgan fingerprint density at radius 1 is 1.45 bits per heavy atom. The van der Waals surface area contributed by atoms with Crippen LogP contribution in [-0.4, -0.2) is 42.2 Å². The molecule has 1 N–H and O–H groups in total. The van der Waals surface area contributed by atoms with Crippen LogP contribution in [0.25, 0.3) is 0 Å². The van der Waals surface area contributed by atoms with Crippen LogP contribution in [0.15, 0.2) is 18.2 Å². The highest BCUT2D eigenvalue weighted by Crippen LogP contribution is 2.32. The Labute approximate surface area is 120 Å². The van der Waals surface area contributed by atoms with Crippen molar-refractivity contribution in [1.82, 2.24) is 4.90 Å². The summed E-state index contributed by atoms with van der Waals surface area (Å²) in [6.45, 7) is 4.39. The lowest BCUT2D eigenvalue weighted by Crippen LogP contribution is -2.38. The Balaban J connectivity index is 1.81. The minimum absolute atomic E-state index is 0.0117. The fraction of sp³-hybridized carbons (Fsp3) is 0.562. The van der Waals surface area contributed by atoms with E-state index in [0.717, 1.165) is 24.2 Å². The van der Waals surface area contributed by atoms with Gasteiger partial charge in [-0.05, 0) is 44.2 Å². The molecule has 0 saturated heterocycles. The number of aliphatic hydroxyl groups is 1. The number of rotatable bonds is 6. The molecule has 0 bridgehead atoms. The van der Waals surface area contributed by atoms with Gasteiger partial charge in [-0.3, -0.25) is 4.79 Å². The summed E-state index contributed by atoms with van der Waals surface area (Å²) >= 11 is 0. The van der Waals surface area contributed by atoms with Crippen LogP contribution in [0.3, 0.4) is 0 Å². The highest BCUT2D eigenvalue weighted by atomic mass is 16.5. The lowest BCUT2D eigenvalue weighted by molar-refractivity contribution is -0.133. The molecule has 0 spiro atoms. The zero-order chi connectivity index (χ0) is 14.7. The minimum Gasteiger partial charge on any atom is -0.484 e. The predicted molar refractivity (Wildman–Crippen MR) is 77.8 cm³/mol. The van der Waals surface area contributed by atoms with Crippen molar-refractivity contribution in [3.63, 3.8) is 0 Å². The van der Waals surface area contributed by atoms with Gasteiger partial charge in [-0.25, -0.2) is 0 Å². The first-order valence-corrected chi connectivity index (χ1v) is 7.09. The fourth-order valence-electron chi connectivity index (χ4n) is 2.22. The van der Waals surface area contributed by atoms with Crippen molar-refractivity contribution in [2.24, 2.45) is 5.92 Å². The Bertz CT molecular complexity index is 483. The second kappa shape index (κ2) is 6.27. The van der Waals surface area contributed by atoms with E-state index in [1.807, 2.05) is 32.0 Å². The molecule has 0 radical (unpaired) electrons. The van der Waals surface area contributed by atoms with Crippen LogP contribution >= 0.6 is 0 Å². The number of hydrogen-bond acceptors (Lipinski definition) is 3. The van der Waals surface area contributed by atoms with E-state index in [2.05, 4.69) is 0 Å². The molecule has 1 fully saturated rings. The second-order valence-electron chi connectivity index (χ2n) is 5.74.